The average Bonchev–Trinajstić information content (AvgIpc) is 2.41. The number of benzene rings is 1. The van der Waals surface area contributed by atoms with E-state index in [0.717, 1.165) is 15.7 Å². The van der Waals surface area contributed by atoms with E-state index >= 15 is 0 Å². The van der Waals surface area contributed by atoms with Crippen molar-refractivity contribution in [3.05, 3.63) is 55.9 Å². The minimum Gasteiger partial charge on any atom is -0.476 e. The minimum atomic E-state index is -1.32. The topological polar surface area (TPSA) is 72.2 Å². The lowest BCUT2D eigenvalue weighted by atomic mass is 10.0. The molecule has 6 heteroatoms. The van der Waals surface area contributed by atoms with Gasteiger partial charge in [-0.15, -0.1) is 0 Å². The van der Waals surface area contributed by atoms with Crippen molar-refractivity contribution in [1.82, 2.24) is 9.78 Å². The monoisotopic (exact) mass is 350 g/mol. The van der Waals surface area contributed by atoms with Crippen molar-refractivity contribution in [1.29, 1.82) is 0 Å². The second-order valence-corrected chi connectivity index (χ2v) is 6.01. The molecule has 1 heterocycles. The lowest BCUT2D eigenvalue weighted by molar-refractivity contribution is 0.0686. The molecule has 2 aromatic rings. The Balaban J connectivity index is 2.78. The van der Waals surface area contributed by atoms with Crippen molar-refractivity contribution in [2.24, 2.45) is 0 Å². The summed E-state index contributed by atoms with van der Waals surface area (Å²) in [6.07, 6.45) is 1.61. The second-order valence-electron chi connectivity index (χ2n) is 5.10. The number of halogens is 1. The van der Waals surface area contributed by atoms with Crippen LogP contribution in [0.3, 0.4) is 0 Å². The van der Waals surface area contributed by atoms with Gasteiger partial charge in [-0.25, -0.2) is 9.48 Å². The number of carboxylic acids is 1. The van der Waals surface area contributed by atoms with Crippen molar-refractivity contribution < 1.29 is 9.90 Å². The number of aryl methyl sites for hydroxylation is 1. The number of hydrogen-bond acceptors (Lipinski definition) is 3. The molecule has 0 saturated heterocycles. The zero-order valence-corrected chi connectivity index (χ0v) is 13.5. The Morgan fingerprint density at radius 1 is 1.38 bits per heavy atom. The Morgan fingerprint density at radius 3 is 2.62 bits per heavy atom. The molecule has 110 valence electrons. The molecular weight excluding hydrogens is 336 g/mol. The predicted octanol–water partition coefficient (Wildman–Crippen LogP) is 3.13. The zero-order valence-electron chi connectivity index (χ0n) is 11.9. The lowest BCUT2D eigenvalue weighted by Crippen LogP contribution is -2.25. The Bertz CT molecular complexity index is 766. The van der Waals surface area contributed by atoms with Crippen LogP contribution in [0.4, 0.5) is 0 Å². The van der Waals surface area contributed by atoms with Gasteiger partial charge >= 0.3 is 5.97 Å². The highest BCUT2D eigenvalue weighted by atomic mass is 79.9. The molecule has 21 heavy (non-hydrogen) atoms. The summed E-state index contributed by atoms with van der Waals surface area (Å²) in [4.78, 5) is 23.4. The van der Waals surface area contributed by atoms with Gasteiger partial charge in [-0.2, -0.15) is 5.10 Å². The van der Waals surface area contributed by atoms with Crippen LogP contribution in [0, 0.1) is 6.92 Å². The molecule has 1 aromatic carbocycles. The van der Waals surface area contributed by atoms with Gasteiger partial charge in [-0.3, -0.25) is 4.79 Å². The molecule has 0 spiro atoms. The van der Waals surface area contributed by atoms with Gasteiger partial charge in [0.2, 0.25) is 11.1 Å². The van der Waals surface area contributed by atoms with E-state index in [1.54, 1.807) is 6.20 Å². The summed E-state index contributed by atoms with van der Waals surface area (Å²) in [7, 11) is 0. The maximum atomic E-state index is 12.1. The highest BCUT2D eigenvalue weighted by molar-refractivity contribution is 9.10. The maximum Gasteiger partial charge on any atom is 0.360 e. The fourth-order valence-corrected chi connectivity index (χ4v) is 2.36. The summed E-state index contributed by atoms with van der Waals surface area (Å²) in [6, 6.07) is 5.63. The van der Waals surface area contributed by atoms with Crippen molar-refractivity contribution in [3.63, 3.8) is 0 Å². The molecule has 0 radical (unpaired) electrons. The first-order valence-electron chi connectivity index (χ1n) is 6.45. The number of rotatable bonds is 3. The Kier molecular flexibility index (Phi) is 4.27. The second kappa shape index (κ2) is 5.81. The van der Waals surface area contributed by atoms with Crippen LogP contribution in [-0.2, 0) is 0 Å². The standard InChI is InChI=1S/C15H15BrN2O3/c1-8(2)11-7-18(17-13(14(11)19)15(20)21)12-6-10(16)5-4-9(12)3/h4-8H,1-3H3,(H,20,21). The summed E-state index contributed by atoms with van der Waals surface area (Å²) in [6.45, 7) is 5.60. The van der Waals surface area contributed by atoms with Crippen molar-refractivity contribution in [3.8, 4) is 5.69 Å². The number of nitrogens with zero attached hydrogens (tertiary/aromatic N) is 2. The molecule has 0 aliphatic rings. The van der Waals surface area contributed by atoms with E-state index in [4.69, 9.17) is 0 Å². The van der Waals surface area contributed by atoms with Crippen LogP contribution in [0.15, 0.2) is 33.7 Å². The van der Waals surface area contributed by atoms with Gasteiger partial charge < -0.3 is 5.11 Å². The smallest absolute Gasteiger partial charge is 0.360 e. The Labute approximate surface area is 130 Å². The number of aromatic carboxylic acids is 1. The normalized spacial score (nSPS) is 10.9. The molecule has 0 unspecified atom stereocenters. The highest BCUT2D eigenvalue weighted by Crippen LogP contribution is 2.20. The maximum absolute atomic E-state index is 12.1. The lowest BCUT2D eigenvalue weighted by Gasteiger charge is -2.13. The molecule has 0 fully saturated rings. The van der Waals surface area contributed by atoms with Crippen LogP contribution >= 0.6 is 15.9 Å². The van der Waals surface area contributed by atoms with Crippen LogP contribution in [0.25, 0.3) is 5.69 Å². The molecule has 0 aliphatic carbocycles. The first-order chi connectivity index (χ1) is 9.81. The van der Waals surface area contributed by atoms with Crippen LogP contribution in [0.1, 0.15) is 41.4 Å². The molecule has 0 bridgehead atoms. The summed E-state index contributed by atoms with van der Waals surface area (Å²) in [5.74, 6) is -1.40. The van der Waals surface area contributed by atoms with E-state index in [9.17, 15) is 14.7 Å². The van der Waals surface area contributed by atoms with E-state index in [-0.39, 0.29) is 5.92 Å². The van der Waals surface area contributed by atoms with E-state index in [1.165, 1.54) is 4.68 Å². The van der Waals surface area contributed by atoms with Crippen LogP contribution in [0.2, 0.25) is 0 Å². The molecule has 1 aromatic heterocycles. The SMILES string of the molecule is Cc1ccc(Br)cc1-n1cc(C(C)C)c(=O)c(C(=O)O)n1. The van der Waals surface area contributed by atoms with Gasteiger partial charge in [-0.1, -0.05) is 35.8 Å². The molecule has 0 saturated carbocycles. The highest BCUT2D eigenvalue weighted by Gasteiger charge is 2.18. The number of aromatic nitrogens is 2. The Morgan fingerprint density at radius 2 is 2.05 bits per heavy atom. The van der Waals surface area contributed by atoms with Crippen LogP contribution < -0.4 is 5.43 Å². The van der Waals surface area contributed by atoms with Gasteiger partial charge in [0.25, 0.3) is 0 Å². The molecule has 0 amide bonds. The van der Waals surface area contributed by atoms with Crippen molar-refractivity contribution in [2.45, 2.75) is 26.7 Å². The van der Waals surface area contributed by atoms with Gasteiger partial charge in [-0.05, 0) is 30.5 Å². The summed E-state index contributed by atoms with van der Waals surface area (Å²) < 4.78 is 2.31. The molecule has 0 aliphatic heterocycles. The summed E-state index contributed by atoms with van der Waals surface area (Å²) >= 11 is 3.38. The van der Waals surface area contributed by atoms with Gasteiger partial charge in [0, 0.05) is 16.2 Å². The number of carbonyl (C=O) groups is 1. The molecule has 0 atom stereocenters. The van der Waals surface area contributed by atoms with E-state index in [1.807, 2.05) is 39.0 Å². The Hall–Kier alpha value is -1.95. The van der Waals surface area contributed by atoms with Gasteiger partial charge in [0.15, 0.2) is 0 Å². The molecule has 5 nitrogen and oxygen atoms in total. The fraction of sp³-hybridized carbons (Fsp3) is 0.267. The first kappa shape index (κ1) is 15.4. The number of hydrogen-bond donors (Lipinski definition) is 1. The third-order valence-corrected chi connectivity index (χ3v) is 3.68. The van der Waals surface area contributed by atoms with Gasteiger partial charge in [0.05, 0.1) is 5.69 Å². The van der Waals surface area contributed by atoms with Crippen molar-refractivity contribution >= 4 is 21.9 Å². The zero-order chi connectivity index (χ0) is 15.7. The fourth-order valence-electron chi connectivity index (χ4n) is 2.01. The van der Waals surface area contributed by atoms with Crippen molar-refractivity contribution in [2.75, 3.05) is 0 Å². The minimum absolute atomic E-state index is 0.0858. The third kappa shape index (κ3) is 3.05. The van der Waals surface area contributed by atoms with Crippen LogP contribution in [0.5, 0.6) is 0 Å². The summed E-state index contributed by atoms with van der Waals surface area (Å²) in [5.41, 5.74) is 1.11. The van der Waals surface area contributed by atoms with E-state index in [0.29, 0.717) is 5.56 Å². The number of carboxylic acid groups (broad SMARTS) is 1. The van der Waals surface area contributed by atoms with E-state index < -0.39 is 17.1 Å². The first-order valence-corrected chi connectivity index (χ1v) is 7.24. The van der Waals surface area contributed by atoms with Gasteiger partial charge in [0.1, 0.15) is 0 Å². The average molecular weight is 351 g/mol. The summed E-state index contributed by atoms with van der Waals surface area (Å²) in [5, 5.41) is 13.2. The van der Waals surface area contributed by atoms with Crippen LogP contribution in [-0.4, -0.2) is 20.9 Å². The quantitative estimate of drug-likeness (QED) is 0.922. The molecule has 2 rings (SSSR count). The largest absolute Gasteiger partial charge is 0.476 e. The predicted molar refractivity (Wildman–Crippen MR) is 83.3 cm³/mol. The van der Waals surface area contributed by atoms with E-state index in [2.05, 4.69) is 21.0 Å². The molecule has 1 N–H and O–H groups in total. The molecular formula is C15H15BrN2O3. The third-order valence-electron chi connectivity index (χ3n) is 3.19.